The Morgan fingerprint density at radius 3 is 2.87 bits per heavy atom. The summed E-state index contributed by atoms with van der Waals surface area (Å²) >= 11 is 1.46. The summed E-state index contributed by atoms with van der Waals surface area (Å²) in [6.07, 6.45) is 6.66. The molecule has 2 atom stereocenters. The third kappa shape index (κ3) is 4.38. The van der Waals surface area contributed by atoms with Crippen LogP contribution in [0, 0.1) is 5.92 Å². The van der Waals surface area contributed by atoms with Crippen LogP contribution in [0.3, 0.4) is 0 Å². The Balaban J connectivity index is 1.50. The summed E-state index contributed by atoms with van der Waals surface area (Å²) in [5.41, 5.74) is 2.08. The molecular weight excluding hydrogens is 306 g/mol. The molecule has 0 saturated heterocycles. The number of rotatable bonds is 5. The number of H-pyrrole nitrogens is 1. The monoisotopic (exact) mass is 329 g/mol. The standard InChI is InChI=1S/C18H23N3OS/c1-13-7-5-6-10-15(13)20-17(22)12-23-18-19-11-16(21-18)14-8-3-2-4-9-14/h2-4,8-9,11,13,15H,5-7,10,12H2,1H3,(H,19,21)(H,20,22)/t13-,15+/m0/s1. The van der Waals surface area contributed by atoms with E-state index in [1.54, 1.807) is 0 Å². The second-order valence-electron chi connectivity index (χ2n) is 6.19. The van der Waals surface area contributed by atoms with Gasteiger partial charge in [-0.25, -0.2) is 4.98 Å². The molecule has 3 rings (SSSR count). The Bertz CT molecular complexity index is 641. The van der Waals surface area contributed by atoms with E-state index in [0.29, 0.717) is 17.7 Å². The molecule has 122 valence electrons. The zero-order valence-corrected chi connectivity index (χ0v) is 14.2. The Labute approximate surface area is 141 Å². The third-order valence-electron chi connectivity index (χ3n) is 4.44. The molecule has 5 heteroatoms. The first-order chi connectivity index (χ1) is 11.2. The predicted molar refractivity (Wildman–Crippen MR) is 94.3 cm³/mol. The highest BCUT2D eigenvalue weighted by Gasteiger charge is 2.22. The van der Waals surface area contributed by atoms with Crippen molar-refractivity contribution >= 4 is 17.7 Å². The van der Waals surface area contributed by atoms with E-state index in [-0.39, 0.29) is 5.91 Å². The first-order valence-electron chi connectivity index (χ1n) is 8.25. The van der Waals surface area contributed by atoms with Gasteiger partial charge >= 0.3 is 0 Å². The molecule has 1 aromatic heterocycles. The van der Waals surface area contributed by atoms with Gasteiger partial charge in [-0.3, -0.25) is 4.79 Å². The molecule has 0 unspecified atom stereocenters. The summed E-state index contributed by atoms with van der Waals surface area (Å²) in [5, 5.41) is 3.96. The molecule has 4 nitrogen and oxygen atoms in total. The van der Waals surface area contributed by atoms with Gasteiger partial charge in [0.15, 0.2) is 5.16 Å². The molecule has 1 aliphatic carbocycles. The van der Waals surface area contributed by atoms with Crippen LogP contribution in [0.4, 0.5) is 0 Å². The smallest absolute Gasteiger partial charge is 0.230 e. The molecule has 0 spiro atoms. The lowest BCUT2D eigenvalue weighted by atomic mass is 9.86. The van der Waals surface area contributed by atoms with Crippen molar-refractivity contribution in [1.82, 2.24) is 15.3 Å². The maximum atomic E-state index is 12.1. The number of carbonyl (C=O) groups excluding carboxylic acids is 1. The number of aromatic amines is 1. The number of benzene rings is 1. The van der Waals surface area contributed by atoms with Gasteiger partial charge in [0.2, 0.25) is 5.91 Å². The van der Waals surface area contributed by atoms with E-state index >= 15 is 0 Å². The van der Waals surface area contributed by atoms with E-state index in [1.807, 2.05) is 36.5 Å². The van der Waals surface area contributed by atoms with Gasteiger partial charge in [-0.05, 0) is 24.3 Å². The maximum Gasteiger partial charge on any atom is 0.230 e. The molecule has 1 fully saturated rings. The van der Waals surface area contributed by atoms with Crippen LogP contribution in [0.5, 0.6) is 0 Å². The third-order valence-corrected chi connectivity index (χ3v) is 5.32. The second-order valence-corrected chi connectivity index (χ2v) is 7.16. The highest BCUT2D eigenvalue weighted by molar-refractivity contribution is 7.99. The molecule has 2 aromatic rings. The molecule has 1 aromatic carbocycles. The van der Waals surface area contributed by atoms with Crippen LogP contribution in [-0.2, 0) is 4.79 Å². The average molecular weight is 329 g/mol. The van der Waals surface area contributed by atoms with Crippen LogP contribution in [0.1, 0.15) is 32.6 Å². The van der Waals surface area contributed by atoms with Gasteiger partial charge in [-0.15, -0.1) is 0 Å². The van der Waals surface area contributed by atoms with E-state index in [1.165, 1.54) is 31.0 Å². The molecule has 1 amide bonds. The van der Waals surface area contributed by atoms with Crippen LogP contribution >= 0.6 is 11.8 Å². The number of nitrogens with one attached hydrogen (secondary N) is 2. The number of amides is 1. The largest absolute Gasteiger partial charge is 0.352 e. The molecule has 1 heterocycles. The normalized spacial score (nSPS) is 21.1. The van der Waals surface area contributed by atoms with E-state index < -0.39 is 0 Å². The number of hydrogen-bond donors (Lipinski definition) is 2. The molecule has 1 aliphatic rings. The van der Waals surface area contributed by atoms with Crippen molar-refractivity contribution in [2.24, 2.45) is 5.92 Å². The van der Waals surface area contributed by atoms with Crippen LogP contribution in [0.15, 0.2) is 41.7 Å². The van der Waals surface area contributed by atoms with Crippen LogP contribution in [-0.4, -0.2) is 27.7 Å². The van der Waals surface area contributed by atoms with Gasteiger partial charge in [0.25, 0.3) is 0 Å². The lowest BCUT2D eigenvalue weighted by Gasteiger charge is -2.29. The number of nitrogens with zero attached hydrogens (tertiary/aromatic N) is 1. The minimum Gasteiger partial charge on any atom is -0.352 e. The molecule has 2 N–H and O–H groups in total. The molecule has 1 saturated carbocycles. The molecular formula is C18H23N3OS. The van der Waals surface area contributed by atoms with Crippen molar-refractivity contribution in [3.8, 4) is 11.3 Å². The van der Waals surface area contributed by atoms with E-state index in [2.05, 4.69) is 22.2 Å². The van der Waals surface area contributed by atoms with Crippen molar-refractivity contribution < 1.29 is 4.79 Å². The summed E-state index contributed by atoms with van der Waals surface area (Å²) in [6, 6.07) is 10.4. The van der Waals surface area contributed by atoms with Gasteiger partial charge in [0.1, 0.15) is 0 Å². The lowest BCUT2D eigenvalue weighted by Crippen LogP contribution is -2.41. The van der Waals surface area contributed by atoms with Crippen LogP contribution in [0.2, 0.25) is 0 Å². The topological polar surface area (TPSA) is 57.8 Å². The first-order valence-corrected chi connectivity index (χ1v) is 9.23. The van der Waals surface area contributed by atoms with Gasteiger partial charge < -0.3 is 10.3 Å². The Morgan fingerprint density at radius 2 is 2.09 bits per heavy atom. The minimum atomic E-state index is 0.103. The van der Waals surface area contributed by atoms with Crippen molar-refractivity contribution in [3.63, 3.8) is 0 Å². The number of hydrogen-bond acceptors (Lipinski definition) is 3. The van der Waals surface area contributed by atoms with Crippen molar-refractivity contribution in [2.45, 2.75) is 43.8 Å². The highest BCUT2D eigenvalue weighted by Crippen LogP contribution is 2.24. The molecule has 0 bridgehead atoms. The van der Waals surface area contributed by atoms with Gasteiger partial charge in [0, 0.05) is 6.04 Å². The predicted octanol–water partition coefficient (Wildman–Crippen LogP) is 3.86. The van der Waals surface area contributed by atoms with Gasteiger partial charge in [-0.1, -0.05) is 61.9 Å². The van der Waals surface area contributed by atoms with Gasteiger partial charge in [0.05, 0.1) is 17.6 Å². The summed E-state index contributed by atoms with van der Waals surface area (Å²) in [6.45, 7) is 2.23. The molecule has 0 aliphatic heterocycles. The quantitative estimate of drug-likeness (QED) is 0.819. The number of thioether (sulfide) groups is 1. The summed E-state index contributed by atoms with van der Waals surface area (Å²) in [7, 11) is 0. The number of carbonyl (C=O) groups is 1. The molecule has 0 radical (unpaired) electrons. The highest BCUT2D eigenvalue weighted by atomic mass is 32.2. The fraction of sp³-hybridized carbons (Fsp3) is 0.444. The number of imidazole rings is 1. The average Bonchev–Trinajstić information content (AvgIpc) is 3.05. The Morgan fingerprint density at radius 1 is 1.30 bits per heavy atom. The number of aromatic nitrogens is 2. The zero-order chi connectivity index (χ0) is 16.1. The van der Waals surface area contributed by atoms with E-state index in [4.69, 9.17) is 0 Å². The fourth-order valence-corrected chi connectivity index (χ4v) is 3.71. The van der Waals surface area contributed by atoms with Crippen molar-refractivity contribution in [2.75, 3.05) is 5.75 Å². The van der Waals surface area contributed by atoms with Gasteiger partial charge in [-0.2, -0.15) is 0 Å². The maximum absolute atomic E-state index is 12.1. The Kier molecular flexibility index (Phi) is 5.39. The lowest BCUT2D eigenvalue weighted by molar-refractivity contribution is -0.119. The SMILES string of the molecule is C[C@H]1CCCC[C@H]1NC(=O)CSc1ncc(-c2ccccc2)[nH]1. The summed E-state index contributed by atoms with van der Waals surface area (Å²) < 4.78 is 0. The first kappa shape index (κ1) is 16.1. The Hall–Kier alpha value is -1.75. The van der Waals surface area contributed by atoms with Crippen molar-refractivity contribution in [3.05, 3.63) is 36.5 Å². The summed E-state index contributed by atoms with van der Waals surface area (Å²) in [5.74, 6) is 1.10. The van der Waals surface area contributed by atoms with E-state index in [0.717, 1.165) is 22.8 Å². The van der Waals surface area contributed by atoms with E-state index in [9.17, 15) is 4.79 Å². The fourth-order valence-electron chi connectivity index (χ4n) is 3.05. The minimum absolute atomic E-state index is 0.103. The molecule has 23 heavy (non-hydrogen) atoms. The van der Waals surface area contributed by atoms with Crippen molar-refractivity contribution in [1.29, 1.82) is 0 Å². The second kappa shape index (κ2) is 7.68. The summed E-state index contributed by atoms with van der Waals surface area (Å²) in [4.78, 5) is 19.8. The van der Waals surface area contributed by atoms with Crippen LogP contribution in [0.25, 0.3) is 11.3 Å². The zero-order valence-electron chi connectivity index (χ0n) is 13.4. The van der Waals surface area contributed by atoms with Crippen LogP contribution < -0.4 is 5.32 Å².